The fourth-order valence-corrected chi connectivity index (χ4v) is 4.58. The van der Waals surface area contributed by atoms with Crippen molar-refractivity contribution in [1.29, 1.82) is 0 Å². The highest BCUT2D eigenvalue weighted by molar-refractivity contribution is 7.89. The van der Waals surface area contributed by atoms with Crippen LogP contribution in [0.15, 0.2) is 45.7 Å². The quantitative estimate of drug-likeness (QED) is 0.885. The van der Waals surface area contributed by atoms with Gasteiger partial charge >= 0.3 is 0 Å². The molecule has 1 saturated heterocycles. The highest BCUT2D eigenvalue weighted by Gasteiger charge is 2.28. The molecule has 0 unspecified atom stereocenters. The predicted molar refractivity (Wildman–Crippen MR) is 95.1 cm³/mol. The van der Waals surface area contributed by atoms with Gasteiger partial charge in [0.25, 0.3) is 5.91 Å². The van der Waals surface area contributed by atoms with Crippen LogP contribution in [0.1, 0.15) is 42.5 Å². The first-order valence-electron chi connectivity index (χ1n) is 8.51. The van der Waals surface area contributed by atoms with E-state index in [4.69, 9.17) is 4.42 Å². The van der Waals surface area contributed by atoms with Crippen LogP contribution >= 0.6 is 0 Å². The van der Waals surface area contributed by atoms with Crippen LogP contribution in [0.2, 0.25) is 0 Å². The summed E-state index contributed by atoms with van der Waals surface area (Å²) >= 11 is 0. The van der Waals surface area contributed by atoms with Crippen LogP contribution in [-0.2, 0) is 16.4 Å². The molecule has 7 heteroatoms. The number of aryl methyl sites for hydroxylation is 1. The number of amides is 1. The number of para-hydroxylation sites is 1. The molecule has 1 aromatic carbocycles. The van der Waals surface area contributed by atoms with Crippen LogP contribution in [0.4, 0.5) is 5.69 Å². The number of hydrogen-bond acceptors (Lipinski definition) is 4. The third-order valence-corrected chi connectivity index (χ3v) is 6.26. The van der Waals surface area contributed by atoms with Gasteiger partial charge in [-0.05, 0) is 37.1 Å². The maximum absolute atomic E-state index is 12.9. The number of rotatable bonds is 5. The molecule has 0 aliphatic carbocycles. The summed E-state index contributed by atoms with van der Waals surface area (Å²) in [4.78, 5) is 12.5. The van der Waals surface area contributed by atoms with E-state index < -0.39 is 15.9 Å². The van der Waals surface area contributed by atoms with Crippen molar-refractivity contribution in [2.45, 2.75) is 37.5 Å². The Bertz CT molecular complexity index is 851. The van der Waals surface area contributed by atoms with Crippen molar-refractivity contribution >= 4 is 21.6 Å². The number of nitrogens with zero attached hydrogens (tertiary/aromatic N) is 1. The molecule has 0 bridgehead atoms. The number of sulfonamides is 1. The lowest BCUT2D eigenvalue weighted by Gasteiger charge is -2.26. The normalized spacial score (nSPS) is 15.9. The maximum Gasteiger partial charge on any atom is 0.291 e. The van der Waals surface area contributed by atoms with Gasteiger partial charge in [-0.15, -0.1) is 0 Å². The van der Waals surface area contributed by atoms with Crippen molar-refractivity contribution < 1.29 is 17.6 Å². The van der Waals surface area contributed by atoms with E-state index in [0.717, 1.165) is 19.3 Å². The molecular formula is C18H22N2O4S. The third kappa shape index (κ3) is 3.77. The fraction of sp³-hybridized carbons (Fsp3) is 0.389. The highest BCUT2D eigenvalue weighted by Crippen LogP contribution is 2.27. The zero-order valence-electron chi connectivity index (χ0n) is 14.2. The standard InChI is InChI=1S/C18H22N2O4S/c1-2-14-10-11-16(24-14)18(21)19-15-8-4-5-9-17(15)25(22,23)20-12-6-3-7-13-20/h4-5,8-11H,2-3,6-7,12-13H2,1H3,(H,19,21). The van der Waals surface area contributed by atoms with Gasteiger partial charge in [0, 0.05) is 19.5 Å². The predicted octanol–water partition coefficient (Wildman–Crippen LogP) is 3.27. The Hall–Kier alpha value is -2.12. The van der Waals surface area contributed by atoms with Gasteiger partial charge in [-0.25, -0.2) is 8.42 Å². The smallest absolute Gasteiger partial charge is 0.291 e. The molecule has 1 aromatic heterocycles. The van der Waals surface area contributed by atoms with Crippen molar-refractivity contribution in [2.75, 3.05) is 18.4 Å². The van der Waals surface area contributed by atoms with Crippen molar-refractivity contribution in [1.82, 2.24) is 4.31 Å². The first-order chi connectivity index (χ1) is 12.0. The maximum atomic E-state index is 12.9. The molecular weight excluding hydrogens is 340 g/mol. The average Bonchev–Trinajstić information content (AvgIpc) is 3.12. The average molecular weight is 362 g/mol. The first kappa shape index (κ1) is 17.7. The number of hydrogen-bond donors (Lipinski definition) is 1. The van der Waals surface area contributed by atoms with Gasteiger partial charge in [-0.3, -0.25) is 4.79 Å². The molecule has 0 saturated carbocycles. The summed E-state index contributed by atoms with van der Waals surface area (Å²) in [5.41, 5.74) is 0.271. The van der Waals surface area contributed by atoms with E-state index in [0.29, 0.717) is 25.3 Å². The van der Waals surface area contributed by atoms with Crippen LogP contribution in [0.25, 0.3) is 0 Å². The minimum atomic E-state index is -3.63. The summed E-state index contributed by atoms with van der Waals surface area (Å²) in [6.07, 6.45) is 3.45. The summed E-state index contributed by atoms with van der Waals surface area (Å²) in [7, 11) is -3.63. The SMILES string of the molecule is CCc1ccc(C(=O)Nc2ccccc2S(=O)(=O)N2CCCCC2)o1. The molecule has 0 atom stereocenters. The van der Waals surface area contributed by atoms with Gasteiger partial charge in [0.2, 0.25) is 10.0 Å². The summed E-state index contributed by atoms with van der Waals surface area (Å²) in [5, 5.41) is 2.67. The molecule has 2 heterocycles. The number of carbonyl (C=O) groups is 1. The molecule has 3 rings (SSSR count). The molecule has 25 heavy (non-hydrogen) atoms. The van der Waals surface area contributed by atoms with Gasteiger partial charge in [0.05, 0.1) is 5.69 Å². The van der Waals surface area contributed by atoms with Crippen LogP contribution < -0.4 is 5.32 Å². The molecule has 1 amide bonds. The van der Waals surface area contributed by atoms with Gasteiger partial charge in [-0.2, -0.15) is 4.31 Å². The van der Waals surface area contributed by atoms with Crippen LogP contribution in [-0.4, -0.2) is 31.7 Å². The molecule has 0 radical (unpaired) electrons. The summed E-state index contributed by atoms with van der Waals surface area (Å²) in [6.45, 7) is 2.96. The highest BCUT2D eigenvalue weighted by atomic mass is 32.2. The van der Waals surface area contributed by atoms with E-state index in [2.05, 4.69) is 5.32 Å². The Morgan fingerprint density at radius 2 is 1.84 bits per heavy atom. The van der Waals surface area contributed by atoms with E-state index in [1.165, 1.54) is 10.4 Å². The lowest BCUT2D eigenvalue weighted by atomic mass is 10.2. The third-order valence-electron chi connectivity index (χ3n) is 4.30. The summed E-state index contributed by atoms with van der Waals surface area (Å²) in [6, 6.07) is 9.82. The van der Waals surface area contributed by atoms with E-state index in [9.17, 15) is 13.2 Å². The second kappa shape index (κ2) is 7.41. The number of carbonyl (C=O) groups excluding carboxylic acids is 1. The number of piperidine rings is 1. The Morgan fingerprint density at radius 1 is 1.12 bits per heavy atom. The lowest BCUT2D eigenvalue weighted by Crippen LogP contribution is -2.36. The van der Waals surface area contributed by atoms with Gasteiger partial charge in [0.1, 0.15) is 10.7 Å². The number of nitrogens with one attached hydrogen (secondary N) is 1. The zero-order chi connectivity index (χ0) is 17.9. The topological polar surface area (TPSA) is 79.6 Å². The number of anilines is 1. The molecule has 1 fully saturated rings. The molecule has 2 aromatic rings. The van der Waals surface area contributed by atoms with Crippen molar-refractivity contribution in [3.63, 3.8) is 0 Å². The Balaban J connectivity index is 1.86. The van der Waals surface area contributed by atoms with E-state index in [1.54, 1.807) is 30.3 Å². The summed E-state index contributed by atoms with van der Waals surface area (Å²) in [5.74, 6) is 0.419. The molecule has 134 valence electrons. The van der Waals surface area contributed by atoms with Gasteiger partial charge in [-0.1, -0.05) is 25.5 Å². The minimum absolute atomic E-state index is 0.118. The molecule has 1 aliphatic rings. The first-order valence-corrected chi connectivity index (χ1v) is 9.95. The zero-order valence-corrected chi connectivity index (χ0v) is 15.0. The van der Waals surface area contributed by atoms with E-state index >= 15 is 0 Å². The fourth-order valence-electron chi connectivity index (χ4n) is 2.91. The Kier molecular flexibility index (Phi) is 5.24. The minimum Gasteiger partial charge on any atom is -0.456 e. The largest absolute Gasteiger partial charge is 0.456 e. The van der Waals surface area contributed by atoms with Crippen molar-refractivity contribution in [3.8, 4) is 0 Å². The Morgan fingerprint density at radius 3 is 2.52 bits per heavy atom. The van der Waals surface area contributed by atoms with Gasteiger partial charge < -0.3 is 9.73 Å². The molecule has 0 spiro atoms. The second-order valence-corrected chi connectivity index (χ2v) is 7.94. The van der Waals surface area contributed by atoms with Crippen LogP contribution in [0, 0.1) is 0 Å². The lowest BCUT2D eigenvalue weighted by molar-refractivity contribution is 0.0995. The van der Waals surface area contributed by atoms with Gasteiger partial charge in [0.15, 0.2) is 5.76 Å². The second-order valence-electron chi connectivity index (χ2n) is 6.03. The number of furan rings is 1. The molecule has 1 aliphatic heterocycles. The summed E-state index contributed by atoms with van der Waals surface area (Å²) < 4.78 is 32.8. The molecule has 1 N–H and O–H groups in total. The molecule has 6 nitrogen and oxygen atoms in total. The van der Waals surface area contributed by atoms with Crippen LogP contribution in [0.3, 0.4) is 0 Å². The van der Waals surface area contributed by atoms with Crippen molar-refractivity contribution in [3.05, 3.63) is 47.9 Å². The monoisotopic (exact) mass is 362 g/mol. The van der Waals surface area contributed by atoms with Crippen LogP contribution in [0.5, 0.6) is 0 Å². The van der Waals surface area contributed by atoms with E-state index in [-0.39, 0.29) is 16.3 Å². The van der Waals surface area contributed by atoms with Crippen molar-refractivity contribution in [2.24, 2.45) is 0 Å². The van der Waals surface area contributed by atoms with E-state index in [1.807, 2.05) is 6.92 Å². The Labute approximate surface area is 147 Å². The number of benzene rings is 1.